The predicted molar refractivity (Wildman–Crippen MR) is 131 cm³/mol. The topological polar surface area (TPSA) is 162 Å². The number of aliphatic carboxylic acids is 1. The molecule has 3 aromatic carbocycles. The number of esters is 2. The maximum absolute atomic E-state index is 13.1. The zero-order valence-electron chi connectivity index (χ0n) is 21.0. The highest BCUT2D eigenvalue weighted by atomic mass is 19.4. The molecule has 0 bridgehead atoms. The number of halogens is 6. The minimum absolute atomic E-state index is 0.314. The van der Waals surface area contributed by atoms with Crippen molar-refractivity contribution in [3.8, 4) is 0 Å². The first kappa shape index (κ1) is 32.0. The molecule has 2 N–H and O–H groups in total. The summed E-state index contributed by atoms with van der Waals surface area (Å²) in [6.45, 7) is 0. The third kappa shape index (κ3) is 8.27. The third-order valence-corrected chi connectivity index (χ3v) is 5.42. The summed E-state index contributed by atoms with van der Waals surface area (Å²) < 4.78 is 88.2. The molecule has 3 aromatic rings. The highest BCUT2D eigenvalue weighted by Gasteiger charge is 2.42. The molecule has 0 saturated heterocycles. The van der Waals surface area contributed by atoms with Gasteiger partial charge in [0, 0.05) is 17.8 Å². The van der Waals surface area contributed by atoms with Crippen LogP contribution in [0.5, 0.6) is 0 Å². The van der Waals surface area contributed by atoms with E-state index in [2.05, 4.69) is 0 Å². The highest BCUT2D eigenvalue weighted by molar-refractivity contribution is 6.01. The van der Waals surface area contributed by atoms with Gasteiger partial charge in [-0.15, -0.1) is 0 Å². The van der Waals surface area contributed by atoms with Gasteiger partial charge in [0.25, 0.3) is 11.6 Å². The summed E-state index contributed by atoms with van der Waals surface area (Å²) in [6, 6.07) is 9.14. The number of carboxylic acid groups (broad SMARTS) is 1. The second-order valence-electron chi connectivity index (χ2n) is 8.44. The Bertz CT molecular complexity index is 1570. The molecule has 0 aliphatic carbocycles. The Morgan fingerprint density at radius 2 is 1.21 bits per heavy atom. The van der Waals surface area contributed by atoms with Gasteiger partial charge in [0.15, 0.2) is 0 Å². The van der Waals surface area contributed by atoms with Gasteiger partial charge in [-0.05, 0) is 42.5 Å². The lowest BCUT2D eigenvalue weighted by Crippen LogP contribution is -2.48. The van der Waals surface area contributed by atoms with Crippen LogP contribution in [0.25, 0.3) is 0 Å². The summed E-state index contributed by atoms with van der Waals surface area (Å²) in [5, 5.41) is 22.8. The van der Waals surface area contributed by atoms with E-state index in [0.717, 1.165) is 48.5 Å². The summed E-state index contributed by atoms with van der Waals surface area (Å²) >= 11 is 0. The second kappa shape index (κ2) is 12.6. The number of carbonyl (C=O) groups excluding carboxylic acids is 3. The molecule has 3 rings (SSSR count). The van der Waals surface area contributed by atoms with Crippen LogP contribution in [0.15, 0.2) is 72.8 Å². The first-order valence-electron chi connectivity index (χ1n) is 11.5. The van der Waals surface area contributed by atoms with Gasteiger partial charge in [0.2, 0.25) is 12.2 Å². The number of anilines is 1. The van der Waals surface area contributed by atoms with Crippen molar-refractivity contribution in [2.45, 2.75) is 24.6 Å². The van der Waals surface area contributed by atoms with E-state index in [0.29, 0.717) is 24.3 Å². The monoisotopic (exact) mass is 614 g/mol. The fraction of sp³-hybridized carbons (Fsp3) is 0.154. The maximum atomic E-state index is 13.1. The molecule has 11 nitrogen and oxygen atoms in total. The smallest absolute Gasteiger partial charge is 0.416 e. The molecule has 0 aliphatic heterocycles. The maximum Gasteiger partial charge on any atom is 0.416 e. The molecule has 0 heterocycles. The van der Waals surface area contributed by atoms with Crippen LogP contribution in [-0.2, 0) is 31.4 Å². The third-order valence-electron chi connectivity index (χ3n) is 5.42. The van der Waals surface area contributed by atoms with E-state index in [1.165, 1.54) is 0 Å². The van der Waals surface area contributed by atoms with Crippen LogP contribution in [-0.4, -0.2) is 46.1 Å². The number of hydrogen-bond acceptors (Lipinski definition) is 8. The summed E-state index contributed by atoms with van der Waals surface area (Å²) in [4.78, 5) is 60.8. The Morgan fingerprint density at radius 1 is 0.744 bits per heavy atom. The Morgan fingerprint density at radius 3 is 1.65 bits per heavy atom. The zero-order chi connectivity index (χ0) is 32.1. The minimum atomic E-state index is -4.92. The molecular formula is C26H16F6N2O9. The lowest BCUT2D eigenvalue weighted by molar-refractivity contribution is -0.384. The molecule has 43 heavy (non-hydrogen) atoms. The number of nitro groups is 1. The number of benzene rings is 3. The van der Waals surface area contributed by atoms with Crippen molar-refractivity contribution in [1.29, 1.82) is 0 Å². The van der Waals surface area contributed by atoms with Crippen molar-refractivity contribution >= 4 is 35.2 Å². The Balaban J connectivity index is 1.99. The zero-order valence-corrected chi connectivity index (χ0v) is 21.0. The summed E-state index contributed by atoms with van der Waals surface area (Å²) in [7, 11) is 0. The minimum Gasteiger partial charge on any atom is -0.478 e. The Hall–Kier alpha value is -5.48. The number of carboxylic acids is 1. The van der Waals surface area contributed by atoms with Crippen molar-refractivity contribution < 1.29 is 65.0 Å². The SMILES string of the molecule is O=C(O[C@H](C(=O)O)[C@H](OC(=O)c1cccc(C(F)(F)F)c1)C(=O)Nc1cccc([N+](=O)[O-])c1)c1cccc(C(F)(F)F)c1. The van der Waals surface area contributed by atoms with E-state index in [9.17, 15) is 60.7 Å². The van der Waals surface area contributed by atoms with E-state index in [4.69, 9.17) is 9.47 Å². The normalized spacial score (nSPS) is 12.9. The van der Waals surface area contributed by atoms with Gasteiger partial charge in [-0.2, -0.15) is 26.3 Å². The van der Waals surface area contributed by atoms with Crippen molar-refractivity contribution in [3.05, 3.63) is 105 Å². The summed E-state index contributed by atoms with van der Waals surface area (Å²) in [5.41, 5.74) is -5.14. The molecule has 17 heteroatoms. The van der Waals surface area contributed by atoms with Crippen molar-refractivity contribution in [2.75, 3.05) is 5.32 Å². The molecule has 0 aromatic heterocycles. The quantitative estimate of drug-likeness (QED) is 0.144. The number of hydrogen-bond donors (Lipinski definition) is 2. The number of ether oxygens (including phenoxy) is 2. The molecule has 2 atom stereocenters. The standard InChI is InChI=1S/C26H16F6N2O9/c27-25(28,29)15-6-1-4-13(10-15)23(38)42-19(21(35)33-17-8-3-9-18(12-17)34(40)41)20(22(36)37)43-24(39)14-5-2-7-16(11-14)26(30,31)32/h1-12,19-20H,(H,33,35)(H,36,37)/t19-,20-/m0/s1. The number of alkyl halides is 6. The summed E-state index contributed by atoms with van der Waals surface area (Å²) in [6.07, 6.45) is -15.3. The number of nitrogens with zero attached hydrogens (tertiary/aromatic N) is 1. The van der Waals surface area contributed by atoms with Gasteiger partial charge in [0.1, 0.15) is 0 Å². The van der Waals surface area contributed by atoms with E-state index in [-0.39, 0.29) is 5.69 Å². The fourth-order valence-electron chi connectivity index (χ4n) is 3.42. The molecule has 0 saturated carbocycles. The van der Waals surface area contributed by atoms with Crippen LogP contribution in [0.1, 0.15) is 31.8 Å². The van der Waals surface area contributed by atoms with Crippen molar-refractivity contribution in [3.63, 3.8) is 0 Å². The number of nitrogens with one attached hydrogen (secondary N) is 1. The van der Waals surface area contributed by atoms with Gasteiger partial charge >= 0.3 is 30.3 Å². The molecule has 0 fully saturated rings. The highest BCUT2D eigenvalue weighted by Crippen LogP contribution is 2.31. The lowest BCUT2D eigenvalue weighted by atomic mass is 10.1. The van der Waals surface area contributed by atoms with E-state index in [1.807, 2.05) is 5.32 Å². The molecule has 0 radical (unpaired) electrons. The molecule has 0 aliphatic rings. The van der Waals surface area contributed by atoms with Crippen molar-refractivity contribution in [1.82, 2.24) is 0 Å². The van der Waals surface area contributed by atoms with Crippen LogP contribution < -0.4 is 5.32 Å². The Kier molecular flexibility index (Phi) is 9.37. The first-order valence-corrected chi connectivity index (χ1v) is 11.5. The average molecular weight is 614 g/mol. The van der Waals surface area contributed by atoms with Gasteiger partial charge in [-0.25, -0.2) is 14.4 Å². The predicted octanol–water partition coefficient (Wildman–Crippen LogP) is 5.11. The molecular weight excluding hydrogens is 598 g/mol. The number of non-ortho nitro benzene ring substituents is 1. The van der Waals surface area contributed by atoms with Gasteiger partial charge < -0.3 is 19.9 Å². The molecule has 0 spiro atoms. The van der Waals surface area contributed by atoms with E-state index < -0.39 is 81.2 Å². The van der Waals surface area contributed by atoms with Gasteiger partial charge in [-0.1, -0.05) is 18.2 Å². The van der Waals surface area contributed by atoms with Crippen molar-refractivity contribution in [2.24, 2.45) is 0 Å². The molecule has 226 valence electrons. The van der Waals surface area contributed by atoms with Crippen LogP contribution in [0, 0.1) is 10.1 Å². The van der Waals surface area contributed by atoms with Crippen LogP contribution in [0.2, 0.25) is 0 Å². The number of nitro benzene ring substituents is 1. The van der Waals surface area contributed by atoms with E-state index in [1.54, 1.807) is 0 Å². The van der Waals surface area contributed by atoms with Gasteiger partial charge in [-0.3, -0.25) is 14.9 Å². The van der Waals surface area contributed by atoms with Crippen LogP contribution >= 0.6 is 0 Å². The van der Waals surface area contributed by atoms with Crippen LogP contribution in [0.3, 0.4) is 0 Å². The van der Waals surface area contributed by atoms with Crippen LogP contribution in [0.4, 0.5) is 37.7 Å². The lowest BCUT2D eigenvalue weighted by Gasteiger charge is -2.24. The first-order chi connectivity index (χ1) is 20.0. The average Bonchev–Trinajstić information content (AvgIpc) is 2.93. The fourth-order valence-corrected chi connectivity index (χ4v) is 3.42. The summed E-state index contributed by atoms with van der Waals surface area (Å²) in [5.74, 6) is -7.13. The van der Waals surface area contributed by atoms with Gasteiger partial charge in [0.05, 0.1) is 27.2 Å². The second-order valence-corrected chi connectivity index (χ2v) is 8.44. The number of carbonyl (C=O) groups is 4. The number of amides is 1. The Labute approximate surface area is 235 Å². The number of rotatable bonds is 9. The molecule has 0 unspecified atom stereocenters. The van der Waals surface area contributed by atoms with E-state index >= 15 is 0 Å². The largest absolute Gasteiger partial charge is 0.478 e. The molecule has 1 amide bonds.